The van der Waals surface area contributed by atoms with Crippen molar-refractivity contribution in [3.05, 3.63) is 60.3 Å². The lowest BCUT2D eigenvalue weighted by Crippen LogP contribution is -2.51. The number of rotatable bonds is 14. The lowest BCUT2D eigenvalue weighted by atomic mass is 9.94. The number of amides is 2. The summed E-state index contributed by atoms with van der Waals surface area (Å²) >= 11 is 0. The fraction of sp³-hybridized carbons (Fsp3) is 0.500. The predicted molar refractivity (Wildman–Crippen MR) is 169 cm³/mol. The molecule has 2 aromatic carbocycles. The molecular weight excluding hydrogens is 550 g/mol. The molecule has 5 N–H and O–H groups in total. The summed E-state index contributed by atoms with van der Waals surface area (Å²) in [4.78, 5) is 29.5. The monoisotopic (exact) mass is 597 g/mol. The Kier molecular flexibility index (Phi) is 11.2. The fourth-order valence-electron chi connectivity index (χ4n) is 4.80. The standard InChI is InChI=1S/C32H47N5O4S/c1-22(2)21-37(42(40,41)26-16-14-25(33)15-17-26)23(3)11-9-10-18-34-30(38)29(36-31(39)32(4,5)6)19-24-20-35-28-13-8-7-12-27(24)28/h7-8,12-17,20,22-23,29,35H,9-11,18-19,21,33H2,1-6H3,(H,34,38)(H,36,39)/t23-,29+/m1/s1. The maximum atomic E-state index is 13.4. The van der Waals surface area contributed by atoms with Crippen LogP contribution < -0.4 is 16.4 Å². The highest BCUT2D eigenvalue weighted by molar-refractivity contribution is 7.89. The number of nitrogen functional groups attached to an aromatic ring is 1. The van der Waals surface area contributed by atoms with Crippen LogP contribution in [0.1, 0.15) is 66.4 Å². The molecule has 3 rings (SSSR count). The minimum Gasteiger partial charge on any atom is -0.399 e. The highest BCUT2D eigenvalue weighted by Gasteiger charge is 2.30. The number of para-hydroxylation sites is 1. The van der Waals surface area contributed by atoms with Crippen molar-refractivity contribution in [1.29, 1.82) is 0 Å². The van der Waals surface area contributed by atoms with Gasteiger partial charge in [0.15, 0.2) is 0 Å². The first-order valence-corrected chi connectivity index (χ1v) is 16.1. The van der Waals surface area contributed by atoms with Crippen molar-refractivity contribution in [2.24, 2.45) is 11.3 Å². The summed E-state index contributed by atoms with van der Waals surface area (Å²) in [6.45, 7) is 12.2. The van der Waals surface area contributed by atoms with E-state index in [0.29, 0.717) is 38.0 Å². The summed E-state index contributed by atoms with van der Waals surface area (Å²) in [7, 11) is -3.68. The molecule has 230 valence electrons. The molecular formula is C32H47N5O4S. The van der Waals surface area contributed by atoms with Crippen LogP contribution in [0.2, 0.25) is 0 Å². The molecule has 0 fully saturated rings. The minimum absolute atomic E-state index is 0.160. The van der Waals surface area contributed by atoms with Gasteiger partial charge in [0, 0.05) is 53.8 Å². The van der Waals surface area contributed by atoms with Gasteiger partial charge in [0.2, 0.25) is 21.8 Å². The second-order valence-electron chi connectivity index (χ2n) is 12.5. The van der Waals surface area contributed by atoms with E-state index in [1.165, 1.54) is 0 Å². The Morgan fingerprint density at radius 2 is 1.67 bits per heavy atom. The van der Waals surface area contributed by atoms with Crippen molar-refractivity contribution < 1.29 is 18.0 Å². The number of hydrogen-bond donors (Lipinski definition) is 4. The number of fused-ring (bicyclic) bond motifs is 1. The van der Waals surface area contributed by atoms with Crippen molar-refractivity contribution in [3.8, 4) is 0 Å². The maximum absolute atomic E-state index is 13.4. The average Bonchev–Trinajstić information content (AvgIpc) is 3.33. The number of H-pyrrole nitrogens is 1. The van der Waals surface area contributed by atoms with Crippen LogP contribution in [0.3, 0.4) is 0 Å². The Hall–Kier alpha value is -3.37. The Morgan fingerprint density at radius 3 is 2.31 bits per heavy atom. The number of carbonyl (C=O) groups excluding carboxylic acids is 2. The van der Waals surface area contributed by atoms with Gasteiger partial charge in [-0.2, -0.15) is 4.31 Å². The number of nitrogens with one attached hydrogen (secondary N) is 3. The van der Waals surface area contributed by atoms with Crippen molar-refractivity contribution in [3.63, 3.8) is 0 Å². The number of sulfonamides is 1. The molecule has 0 radical (unpaired) electrons. The van der Waals surface area contributed by atoms with Gasteiger partial charge >= 0.3 is 0 Å². The van der Waals surface area contributed by atoms with Crippen LogP contribution >= 0.6 is 0 Å². The molecule has 0 aliphatic carbocycles. The Balaban J connectivity index is 1.60. The SMILES string of the molecule is CC(C)CN([C@H](C)CCCCNC(=O)[C@H](Cc1c[nH]c2ccccc12)NC(=O)C(C)(C)C)S(=O)(=O)c1ccc(N)cc1. The summed E-state index contributed by atoms with van der Waals surface area (Å²) in [6.07, 6.45) is 4.31. The maximum Gasteiger partial charge on any atom is 0.243 e. The second kappa shape index (κ2) is 14.2. The third-order valence-electron chi connectivity index (χ3n) is 7.27. The predicted octanol–water partition coefficient (Wildman–Crippen LogP) is 4.85. The van der Waals surface area contributed by atoms with E-state index in [0.717, 1.165) is 22.9 Å². The number of nitrogens with two attached hydrogens (primary N) is 1. The van der Waals surface area contributed by atoms with E-state index in [-0.39, 0.29) is 28.7 Å². The van der Waals surface area contributed by atoms with Gasteiger partial charge in [-0.3, -0.25) is 9.59 Å². The van der Waals surface area contributed by atoms with Gasteiger partial charge in [0.1, 0.15) is 6.04 Å². The van der Waals surface area contributed by atoms with E-state index in [2.05, 4.69) is 15.6 Å². The van der Waals surface area contributed by atoms with Crippen molar-refractivity contribution >= 4 is 38.4 Å². The van der Waals surface area contributed by atoms with Crippen molar-refractivity contribution in [2.75, 3.05) is 18.8 Å². The zero-order valence-corrected chi connectivity index (χ0v) is 26.6. The zero-order valence-electron chi connectivity index (χ0n) is 25.7. The molecule has 0 saturated heterocycles. The number of unbranched alkanes of at least 4 members (excludes halogenated alkanes) is 1. The normalized spacial score (nSPS) is 13.8. The molecule has 10 heteroatoms. The molecule has 1 heterocycles. The highest BCUT2D eigenvalue weighted by Crippen LogP contribution is 2.24. The molecule has 0 spiro atoms. The molecule has 0 aliphatic rings. The van der Waals surface area contributed by atoms with E-state index in [4.69, 9.17) is 5.73 Å². The van der Waals surface area contributed by atoms with Crippen LogP contribution in [-0.2, 0) is 26.0 Å². The molecule has 9 nitrogen and oxygen atoms in total. The highest BCUT2D eigenvalue weighted by atomic mass is 32.2. The molecule has 0 saturated carbocycles. The largest absolute Gasteiger partial charge is 0.399 e. The summed E-state index contributed by atoms with van der Waals surface area (Å²) < 4.78 is 28.4. The van der Waals surface area contributed by atoms with Crippen LogP contribution in [0.4, 0.5) is 5.69 Å². The molecule has 42 heavy (non-hydrogen) atoms. The van der Waals surface area contributed by atoms with Gasteiger partial charge in [-0.1, -0.05) is 59.2 Å². The summed E-state index contributed by atoms with van der Waals surface area (Å²) in [5.74, 6) is -0.269. The van der Waals surface area contributed by atoms with Gasteiger partial charge in [-0.25, -0.2) is 8.42 Å². The van der Waals surface area contributed by atoms with Gasteiger partial charge in [0.05, 0.1) is 4.90 Å². The Morgan fingerprint density at radius 1 is 1.00 bits per heavy atom. The van der Waals surface area contributed by atoms with Gasteiger partial charge in [-0.05, 0) is 61.6 Å². The molecule has 3 aromatic rings. The van der Waals surface area contributed by atoms with E-state index >= 15 is 0 Å². The minimum atomic E-state index is -3.68. The van der Waals surface area contributed by atoms with E-state index < -0.39 is 21.5 Å². The molecule has 2 amide bonds. The number of aromatic nitrogens is 1. The molecule has 0 aliphatic heterocycles. The van der Waals surface area contributed by atoms with Crippen LogP contribution in [-0.4, -0.2) is 54.7 Å². The first-order chi connectivity index (χ1) is 19.7. The topological polar surface area (TPSA) is 137 Å². The van der Waals surface area contributed by atoms with Crippen LogP contribution in [0.25, 0.3) is 10.9 Å². The summed E-state index contributed by atoms with van der Waals surface area (Å²) in [6, 6.07) is 13.2. The van der Waals surface area contributed by atoms with Crippen LogP contribution in [0.15, 0.2) is 59.6 Å². The second-order valence-corrected chi connectivity index (χ2v) is 14.4. The average molecular weight is 598 g/mol. The number of nitrogens with zero attached hydrogens (tertiary/aromatic N) is 1. The lowest BCUT2D eigenvalue weighted by Gasteiger charge is -2.30. The van der Waals surface area contributed by atoms with Crippen molar-refractivity contribution in [2.45, 2.75) is 84.2 Å². The third-order valence-corrected chi connectivity index (χ3v) is 9.27. The van der Waals surface area contributed by atoms with Gasteiger partial charge in [0.25, 0.3) is 0 Å². The molecule has 0 unspecified atom stereocenters. The van der Waals surface area contributed by atoms with E-state index in [1.807, 2.05) is 72.0 Å². The van der Waals surface area contributed by atoms with Crippen LogP contribution in [0.5, 0.6) is 0 Å². The van der Waals surface area contributed by atoms with E-state index in [1.54, 1.807) is 28.6 Å². The molecule has 1 aromatic heterocycles. The molecule has 0 bridgehead atoms. The number of anilines is 1. The number of carbonyl (C=O) groups is 2. The quantitative estimate of drug-likeness (QED) is 0.156. The van der Waals surface area contributed by atoms with Gasteiger partial charge < -0.3 is 21.4 Å². The number of hydrogen-bond acceptors (Lipinski definition) is 5. The van der Waals surface area contributed by atoms with Gasteiger partial charge in [-0.15, -0.1) is 0 Å². The zero-order chi connectivity index (χ0) is 31.1. The van der Waals surface area contributed by atoms with Crippen LogP contribution in [0, 0.1) is 11.3 Å². The molecule has 2 atom stereocenters. The first-order valence-electron chi connectivity index (χ1n) is 14.7. The Labute approximate surface area is 250 Å². The lowest BCUT2D eigenvalue weighted by molar-refractivity contribution is -0.133. The van der Waals surface area contributed by atoms with E-state index in [9.17, 15) is 18.0 Å². The number of benzene rings is 2. The Bertz CT molecular complexity index is 1440. The third kappa shape index (κ3) is 8.82. The fourth-order valence-corrected chi connectivity index (χ4v) is 6.62. The van der Waals surface area contributed by atoms with Crippen molar-refractivity contribution in [1.82, 2.24) is 19.9 Å². The summed E-state index contributed by atoms with van der Waals surface area (Å²) in [5, 5.41) is 6.95. The first kappa shape index (κ1) is 33.1. The number of aromatic amines is 1. The summed E-state index contributed by atoms with van der Waals surface area (Å²) in [5.41, 5.74) is 7.58. The smallest absolute Gasteiger partial charge is 0.243 e.